The second-order valence-corrected chi connectivity index (χ2v) is 22.2. The van der Waals surface area contributed by atoms with Crippen molar-refractivity contribution in [2.45, 2.75) is 35.6 Å². The molecule has 12 rings (SSSR count). The van der Waals surface area contributed by atoms with Gasteiger partial charge in [0, 0.05) is 84.6 Å². The average Bonchev–Trinajstić information content (AvgIpc) is 2.87. The van der Waals surface area contributed by atoms with E-state index in [9.17, 15) is 70.3 Å². The summed E-state index contributed by atoms with van der Waals surface area (Å²) in [5.41, 5.74) is -0.586. The highest BCUT2D eigenvalue weighted by Crippen LogP contribution is 2.62. The molecule has 6 aromatic rings. The Bertz CT molecular complexity index is 2940. The second-order valence-electron chi connectivity index (χ2n) is 16.3. The van der Waals surface area contributed by atoms with Crippen molar-refractivity contribution in [2.75, 3.05) is 14.2 Å². The predicted octanol–water partition coefficient (Wildman–Crippen LogP) is 13.4. The molecule has 0 saturated heterocycles. The van der Waals surface area contributed by atoms with Gasteiger partial charge in [-0.1, -0.05) is 141 Å². The largest absolute Gasteiger partial charge is 0.468 e. The summed E-state index contributed by atoms with van der Waals surface area (Å²) >= 11 is 43.3. The summed E-state index contributed by atoms with van der Waals surface area (Å²) in [5.74, 6) is -2.77. The van der Waals surface area contributed by atoms with Crippen LogP contribution in [0.3, 0.4) is 0 Å². The molecule has 406 valence electrons. The van der Waals surface area contributed by atoms with Crippen molar-refractivity contribution in [3.63, 3.8) is 0 Å². The number of methoxy groups -OCH3 is 2. The van der Waals surface area contributed by atoms with Gasteiger partial charge in [-0.05, 0) is 66.8 Å². The minimum absolute atomic E-state index is 0.217. The first-order valence-corrected chi connectivity index (χ1v) is 25.2. The Hall–Kier alpha value is -6.73. The molecule has 0 heterocycles. The van der Waals surface area contributed by atoms with Crippen LogP contribution in [0.2, 0.25) is 0 Å². The van der Waals surface area contributed by atoms with Gasteiger partial charge in [-0.15, -0.1) is 0 Å². The van der Waals surface area contributed by atoms with E-state index in [-0.39, 0.29) is 67.5 Å². The van der Waals surface area contributed by atoms with Gasteiger partial charge in [-0.3, -0.25) is 70.3 Å². The molecule has 0 fully saturated rings. The third-order valence-electron chi connectivity index (χ3n) is 12.8. The van der Waals surface area contributed by atoms with Crippen molar-refractivity contribution >= 4 is 150 Å². The van der Waals surface area contributed by atoms with E-state index >= 15 is 0 Å². The summed E-state index contributed by atoms with van der Waals surface area (Å²) in [4.78, 5) is 92.6. The van der Waals surface area contributed by atoms with E-state index in [1.807, 2.05) is 0 Å². The molecule has 0 atom stereocenters. The van der Waals surface area contributed by atoms with Crippen LogP contribution in [0.25, 0.3) is 0 Å². The number of benzene rings is 6. The molecule has 6 aliphatic rings. The number of carbonyl (C=O) groups excluding carboxylic acids is 2. The van der Waals surface area contributed by atoms with Crippen LogP contribution in [0.5, 0.6) is 0 Å². The van der Waals surface area contributed by atoms with Crippen LogP contribution >= 0.6 is 104 Å². The summed E-state index contributed by atoms with van der Waals surface area (Å²) in [7, 11) is 2.26. The number of ether oxygens (including phenoxy) is 2. The van der Waals surface area contributed by atoms with Gasteiger partial charge in [-0.25, -0.2) is 0 Å². The molecule has 0 spiro atoms. The Morgan fingerprint density at radius 3 is 0.615 bits per heavy atom. The normalized spacial score (nSPS) is 17.6. The maximum absolute atomic E-state index is 13.5. The summed E-state index contributed by atoms with van der Waals surface area (Å²) < 4.78 is 8.01. The Morgan fingerprint density at radius 1 is 0.359 bits per heavy atom. The van der Waals surface area contributed by atoms with E-state index in [2.05, 4.69) is 0 Å². The van der Waals surface area contributed by atoms with Crippen molar-refractivity contribution in [1.82, 2.24) is 0 Å². The van der Waals surface area contributed by atoms with E-state index in [1.54, 1.807) is 36.4 Å². The highest BCUT2D eigenvalue weighted by atomic mass is 35.6. The van der Waals surface area contributed by atoms with Crippen LogP contribution in [-0.2, 0) is 29.9 Å². The standard InChI is InChI=1S/2C22H13N3O8.3CHCl3/c2*1-33-21(26)22-17-8-11(23(27)28)2-5-14(17)20(15-6-3-12(24(29)30)9-18(15)22)16-7-4-13(25(31)32)10-19(16)22;3*2-1(3)4/h2*2-10,20H,1H3;3*1H. The van der Waals surface area contributed by atoms with Crippen LogP contribution < -0.4 is 0 Å². The number of rotatable bonds is 8. The number of nitrogens with zero attached hydrogens (tertiary/aromatic N) is 6. The zero-order chi connectivity index (χ0) is 58.0. The number of carbonyl (C=O) groups is 2. The van der Waals surface area contributed by atoms with Crippen molar-refractivity contribution < 1.29 is 48.6 Å². The topological polar surface area (TPSA) is 311 Å². The van der Waals surface area contributed by atoms with Gasteiger partial charge in [0.15, 0.2) is 12.9 Å². The number of hydrogen-bond acceptors (Lipinski definition) is 16. The van der Waals surface area contributed by atoms with Crippen molar-refractivity contribution in [3.05, 3.63) is 237 Å². The first-order valence-electron chi connectivity index (χ1n) is 21.3. The zero-order valence-corrected chi connectivity index (χ0v) is 45.7. The first kappa shape index (κ1) is 60.5. The molecule has 4 bridgehead atoms. The molecule has 0 amide bonds. The maximum Gasteiger partial charge on any atom is 0.325 e. The number of alkyl halides is 9. The molecular weight excluding hydrogens is 1220 g/mol. The minimum atomic E-state index is -1.85. The van der Waals surface area contributed by atoms with Crippen molar-refractivity contribution in [3.8, 4) is 0 Å². The Kier molecular flexibility index (Phi) is 18.7. The first-order chi connectivity index (χ1) is 36.6. The summed E-state index contributed by atoms with van der Waals surface area (Å²) in [6.07, 6.45) is 0. The maximum atomic E-state index is 13.5. The highest BCUT2D eigenvalue weighted by Gasteiger charge is 2.60. The lowest BCUT2D eigenvalue weighted by Crippen LogP contribution is -2.48. The molecule has 0 aliphatic heterocycles. The number of non-ortho nitro benzene ring substituents is 6. The molecular formula is C47H29Cl9N6O16. The molecule has 31 heteroatoms. The zero-order valence-electron chi connectivity index (χ0n) is 38.9. The molecule has 0 N–H and O–H groups in total. The lowest BCUT2D eigenvalue weighted by Gasteiger charge is -2.48. The number of nitro groups is 6. The van der Waals surface area contributed by atoms with E-state index < -0.39 is 77.0 Å². The van der Waals surface area contributed by atoms with Gasteiger partial charge >= 0.3 is 11.9 Å². The van der Waals surface area contributed by atoms with Crippen LogP contribution in [0.4, 0.5) is 34.1 Å². The fourth-order valence-corrected chi connectivity index (χ4v) is 10.2. The molecule has 0 radical (unpaired) electrons. The minimum Gasteiger partial charge on any atom is -0.468 e. The van der Waals surface area contributed by atoms with Gasteiger partial charge in [0.25, 0.3) is 34.1 Å². The number of esters is 2. The Balaban J connectivity index is 0.000000209. The molecule has 78 heavy (non-hydrogen) atoms. The third kappa shape index (κ3) is 11.0. The number of nitro benzene ring substituents is 6. The van der Waals surface area contributed by atoms with Crippen molar-refractivity contribution in [1.29, 1.82) is 0 Å². The number of halogens is 9. The Labute approximate surface area is 482 Å². The lowest BCUT2D eigenvalue weighted by molar-refractivity contribution is -0.385. The molecule has 6 aliphatic carbocycles. The van der Waals surface area contributed by atoms with E-state index in [0.717, 1.165) is 14.2 Å². The molecule has 0 aromatic heterocycles. The summed E-state index contributed by atoms with van der Waals surface area (Å²) in [5, 5.41) is 69.2. The van der Waals surface area contributed by atoms with Gasteiger partial charge in [0.2, 0.25) is 0 Å². The summed E-state index contributed by atoms with van der Waals surface area (Å²) in [6.45, 7) is 0. The monoisotopic (exact) mass is 1250 g/mol. The fraction of sp³-hybridized carbons (Fsp3) is 0.191. The summed E-state index contributed by atoms with van der Waals surface area (Å²) in [6, 6.07) is 24.6. The fourth-order valence-electron chi connectivity index (χ4n) is 10.2. The smallest absolute Gasteiger partial charge is 0.325 e. The van der Waals surface area contributed by atoms with E-state index in [1.165, 1.54) is 72.8 Å². The average molecular weight is 1250 g/mol. The van der Waals surface area contributed by atoms with Crippen LogP contribution in [-0.4, -0.2) is 68.6 Å². The predicted molar refractivity (Wildman–Crippen MR) is 288 cm³/mol. The van der Waals surface area contributed by atoms with Crippen LogP contribution in [0, 0.1) is 60.7 Å². The van der Waals surface area contributed by atoms with Gasteiger partial charge in [0.05, 0.1) is 43.8 Å². The third-order valence-corrected chi connectivity index (χ3v) is 12.8. The van der Waals surface area contributed by atoms with Crippen LogP contribution in [0.1, 0.15) is 78.6 Å². The highest BCUT2D eigenvalue weighted by molar-refractivity contribution is 6.63. The lowest BCUT2D eigenvalue weighted by atomic mass is 9.52. The van der Waals surface area contributed by atoms with E-state index in [0.29, 0.717) is 33.4 Å². The van der Waals surface area contributed by atoms with Crippen molar-refractivity contribution in [2.24, 2.45) is 0 Å². The molecule has 6 aromatic carbocycles. The van der Waals surface area contributed by atoms with Gasteiger partial charge < -0.3 is 9.47 Å². The van der Waals surface area contributed by atoms with E-state index in [4.69, 9.17) is 114 Å². The Morgan fingerprint density at radius 2 is 0.500 bits per heavy atom. The second kappa shape index (κ2) is 24.1. The SMILES string of the molecule is COC(=O)C12c3cc([N+](=O)[O-])ccc3C(c3ccc([N+](=O)[O-])cc31)c1ccc([N+](=O)[O-])cc12.COC(=O)C12c3cc([N+](=O)[O-])ccc3C(c3ccc([N+](=O)[O-])cc31)c1ccc([N+](=O)[O-])cc12.ClC(Cl)Cl.ClC(Cl)Cl.ClC(Cl)Cl. The molecule has 0 saturated carbocycles. The van der Waals surface area contributed by atoms with Gasteiger partial charge in [-0.2, -0.15) is 0 Å². The molecule has 0 unspecified atom stereocenters. The van der Waals surface area contributed by atoms with Gasteiger partial charge in [0.1, 0.15) is 10.8 Å². The van der Waals surface area contributed by atoms with Crippen LogP contribution in [0.15, 0.2) is 109 Å². The quantitative estimate of drug-likeness (QED) is 0.0591. The molecule has 22 nitrogen and oxygen atoms in total. The number of hydrogen-bond donors (Lipinski definition) is 0.